The summed E-state index contributed by atoms with van der Waals surface area (Å²) in [5.41, 5.74) is -0.865. The molecule has 0 bridgehead atoms. The molecule has 13 heteroatoms. The Labute approximate surface area is 217 Å². The number of rotatable bonds is 8. The van der Waals surface area contributed by atoms with Crippen molar-refractivity contribution in [2.45, 2.75) is 17.9 Å². The smallest absolute Gasteiger partial charge is 0.345 e. The fourth-order valence-corrected chi connectivity index (χ4v) is 4.18. The van der Waals surface area contributed by atoms with Gasteiger partial charge in [-0.25, -0.2) is 8.78 Å². The number of halogens is 5. The maximum Gasteiger partial charge on any atom is 0.418 e. The Morgan fingerprint density at radius 1 is 0.895 bits per heavy atom. The maximum atomic E-state index is 13.5. The highest BCUT2D eigenvalue weighted by atomic mass is 32.2. The number of carbonyl (C=O) groups is 2. The average molecular weight is 548 g/mol. The Kier molecular flexibility index (Phi) is 8.05. The van der Waals surface area contributed by atoms with Crippen LogP contribution in [0.3, 0.4) is 0 Å². The zero-order valence-corrected chi connectivity index (χ0v) is 20.1. The molecule has 0 spiro atoms. The molecule has 2 amide bonds. The Balaban J connectivity index is 1.51. The van der Waals surface area contributed by atoms with E-state index in [0.717, 1.165) is 30.0 Å². The first kappa shape index (κ1) is 26.8. The van der Waals surface area contributed by atoms with E-state index in [1.165, 1.54) is 59.2 Å². The summed E-state index contributed by atoms with van der Waals surface area (Å²) in [6, 6.07) is 14.9. The summed E-state index contributed by atoms with van der Waals surface area (Å²) in [5, 5.41) is 13.1. The summed E-state index contributed by atoms with van der Waals surface area (Å²) in [5.74, 6) is -2.48. The molecule has 0 aliphatic carbocycles. The lowest BCUT2D eigenvalue weighted by Crippen LogP contribution is -2.24. The second-order valence-electron chi connectivity index (χ2n) is 7.78. The normalized spacial score (nSPS) is 11.3. The lowest BCUT2D eigenvalue weighted by Gasteiger charge is -2.14. The van der Waals surface area contributed by atoms with Crippen LogP contribution in [-0.4, -0.2) is 32.3 Å². The molecule has 0 aliphatic heterocycles. The number of benzene rings is 3. The molecule has 3 aromatic carbocycles. The van der Waals surface area contributed by atoms with Crippen molar-refractivity contribution in [2.24, 2.45) is 0 Å². The predicted molar refractivity (Wildman–Crippen MR) is 130 cm³/mol. The minimum absolute atomic E-state index is 0.0863. The number of hydrogen-bond donors (Lipinski definition) is 2. The van der Waals surface area contributed by atoms with Crippen LogP contribution in [0.25, 0.3) is 5.69 Å². The number of hydrogen-bond acceptors (Lipinski definition) is 5. The fourth-order valence-electron chi connectivity index (χ4n) is 3.40. The molecule has 0 saturated heterocycles. The van der Waals surface area contributed by atoms with Gasteiger partial charge in [0.2, 0.25) is 5.91 Å². The molecule has 0 atom stereocenters. The first-order valence-corrected chi connectivity index (χ1v) is 11.9. The van der Waals surface area contributed by atoms with Crippen molar-refractivity contribution < 1.29 is 31.5 Å². The summed E-state index contributed by atoms with van der Waals surface area (Å²) >= 11 is 0.880. The SMILES string of the molecule is O=C(CSc1nnc(CNC(=O)c2cccc(F)c2)n1-c1ccc(F)cc1)Nc1ccccc1C(F)(F)F. The van der Waals surface area contributed by atoms with E-state index in [1.54, 1.807) is 0 Å². The second kappa shape index (κ2) is 11.4. The topological polar surface area (TPSA) is 88.9 Å². The second-order valence-corrected chi connectivity index (χ2v) is 8.73. The fraction of sp³-hybridized carbons (Fsp3) is 0.120. The molecule has 1 heterocycles. The third-order valence-electron chi connectivity index (χ3n) is 5.12. The van der Waals surface area contributed by atoms with Crippen LogP contribution in [0.4, 0.5) is 27.6 Å². The zero-order valence-electron chi connectivity index (χ0n) is 19.3. The Morgan fingerprint density at radius 2 is 1.63 bits per heavy atom. The Hall–Kier alpha value is -4.26. The highest BCUT2D eigenvalue weighted by Crippen LogP contribution is 2.34. The number of thioether (sulfide) groups is 1. The van der Waals surface area contributed by atoms with Crippen molar-refractivity contribution in [1.82, 2.24) is 20.1 Å². The number of aromatic nitrogens is 3. The first-order valence-electron chi connectivity index (χ1n) is 10.9. The van der Waals surface area contributed by atoms with Crippen molar-refractivity contribution in [3.63, 3.8) is 0 Å². The number of anilines is 1. The molecule has 1 aromatic heterocycles. The van der Waals surface area contributed by atoms with Gasteiger partial charge in [-0.05, 0) is 54.6 Å². The van der Waals surface area contributed by atoms with E-state index in [9.17, 15) is 31.5 Å². The van der Waals surface area contributed by atoms with E-state index >= 15 is 0 Å². The largest absolute Gasteiger partial charge is 0.418 e. The standard InChI is InChI=1S/C25H18F5N5O2S/c26-16-8-10-18(11-9-16)35-21(13-31-23(37)15-4-3-5-17(27)12-15)33-34-24(35)38-14-22(36)32-20-7-2-1-6-19(20)25(28,29)30/h1-12H,13-14H2,(H,31,37)(H,32,36). The molecule has 0 aliphatic rings. The number of alkyl halides is 3. The highest BCUT2D eigenvalue weighted by molar-refractivity contribution is 7.99. The van der Waals surface area contributed by atoms with Gasteiger partial charge in [0.25, 0.3) is 5.91 Å². The monoisotopic (exact) mass is 547 g/mol. The van der Waals surface area contributed by atoms with Crippen molar-refractivity contribution >= 4 is 29.3 Å². The van der Waals surface area contributed by atoms with Gasteiger partial charge < -0.3 is 10.6 Å². The van der Waals surface area contributed by atoms with Crippen LogP contribution in [0.2, 0.25) is 0 Å². The molecule has 2 N–H and O–H groups in total. The van der Waals surface area contributed by atoms with Gasteiger partial charge in [0, 0.05) is 11.3 Å². The summed E-state index contributed by atoms with van der Waals surface area (Å²) in [7, 11) is 0. The minimum Gasteiger partial charge on any atom is -0.345 e. The van der Waals surface area contributed by atoms with Crippen molar-refractivity contribution in [3.8, 4) is 5.69 Å². The Morgan fingerprint density at radius 3 is 2.34 bits per heavy atom. The van der Waals surface area contributed by atoms with Crippen LogP contribution in [-0.2, 0) is 17.5 Å². The molecule has 0 fully saturated rings. The maximum absolute atomic E-state index is 13.5. The molecule has 196 valence electrons. The van der Waals surface area contributed by atoms with Crippen LogP contribution in [0.15, 0.2) is 78.0 Å². The number of amides is 2. The third kappa shape index (κ3) is 6.54. The van der Waals surface area contributed by atoms with Gasteiger partial charge in [0.05, 0.1) is 23.5 Å². The summed E-state index contributed by atoms with van der Waals surface area (Å²) in [6.07, 6.45) is -4.65. The number of carbonyl (C=O) groups excluding carboxylic acids is 2. The average Bonchev–Trinajstić information content (AvgIpc) is 3.29. The third-order valence-corrected chi connectivity index (χ3v) is 6.05. The van der Waals surface area contributed by atoms with Gasteiger partial charge in [-0.15, -0.1) is 10.2 Å². The summed E-state index contributed by atoms with van der Waals surface area (Å²) in [6.45, 7) is -0.147. The quantitative estimate of drug-likeness (QED) is 0.233. The van der Waals surface area contributed by atoms with Crippen molar-refractivity contribution in [2.75, 3.05) is 11.1 Å². The lowest BCUT2D eigenvalue weighted by molar-refractivity contribution is -0.137. The van der Waals surface area contributed by atoms with Gasteiger partial charge >= 0.3 is 6.18 Å². The van der Waals surface area contributed by atoms with E-state index in [1.807, 2.05) is 0 Å². The summed E-state index contributed by atoms with van der Waals surface area (Å²) in [4.78, 5) is 24.9. The number of nitrogens with zero attached hydrogens (tertiary/aromatic N) is 3. The molecule has 4 aromatic rings. The van der Waals surface area contributed by atoms with Crippen molar-refractivity contribution in [3.05, 3.63) is 101 Å². The number of para-hydroxylation sites is 1. The minimum atomic E-state index is -4.65. The zero-order chi connectivity index (χ0) is 27.3. The van der Waals surface area contributed by atoms with Crippen LogP contribution in [0.1, 0.15) is 21.7 Å². The van der Waals surface area contributed by atoms with Crippen molar-refractivity contribution in [1.29, 1.82) is 0 Å². The van der Waals surface area contributed by atoms with E-state index in [-0.39, 0.29) is 34.5 Å². The molecular weight excluding hydrogens is 529 g/mol. The van der Waals surface area contributed by atoms with Crippen LogP contribution in [0, 0.1) is 11.6 Å². The predicted octanol–water partition coefficient (Wildman–Crippen LogP) is 5.23. The van der Waals surface area contributed by atoms with E-state index in [0.29, 0.717) is 5.69 Å². The van der Waals surface area contributed by atoms with E-state index in [2.05, 4.69) is 20.8 Å². The van der Waals surface area contributed by atoms with Gasteiger partial charge in [-0.1, -0.05) is 30.0 Å². The molecule has 7 nitrogen and oxygen atoms in total. The molecule has 0 unspecified atom stereocenters. The van der Waals surface area contributed by atoms with Crippen LogP contribution >= 0.6 is 11.8 Å². The number of nitrogens with one attached hydrogen (secondary N) is 2. The molecule has 0 saturated carbocycles. The van der Waals surface area contributed by atoms with Gasteiger partial charge in [0.15, 0.2) is 11.0 Å². The van der Waals surface area contributed by atoms with Crippen LogP contribution in [0.5, 0.6) is 0 Å². The molecule has 4 rings (SSSR count). The molecule has 0 radical (unpaired) electrons. The lowest BCUT2D eigenvalue weighted by atomic mass is 10.1. The molecule has 38 heavy (non-hydrogen) atoms. The Bertz CT molecular complexity index is 1460. The van der Waals surface area contributed by atoms with Gasteiger partial charge in [-0.2, -0.15) is 13.2 Å². The van der Waals surface area contributed by atoms with E-state index in [4.69, 9.17) is 0 Å². The van der Waals surface area contributed by atoms with Gasteiger partial charge in [0.1, 0.15) is 11.6 Å². The first-order chi connectivity index (χ1) is 18.1. The van der Waals surface area contributed by atoms with Crippen LogP contribution < -0.4 is 10.6 Å². The molecular formula is C25H18F5N5O2S. The summed E-state index contributed by atoms with van der Waals surface area (Å²) < 4.78 is 68.1. The highest BCUT2D eigenvalue weighted by Gasteiger charge is 2.33. The van der Waals surface area contributed by atoms with Gasteiger partial charge in [-0.3, -0.25) is 14.2 Å². The van der Waals surface area contributed by atoms with E-state index < -0.39 is 35.2 Å².